The van der Waals surface area contributed by atoms with E-state index < -0.39 is 6.72 Å². The average molecular weight is 171 g/mol. The molecule has 0 rings (SSSR count). The summed E-state index contributed by atoms with van der Waals surface area (Å²) in [6.45, 7) is 1.48. The minimum atomic E-state index is -2.72. The molecule has 9 heavy (non-hydrogen) atoms. The summed E-state index contributed by atoms with van der Waals surface area (Å²) >= 11 is 5.43. The summed E-state index contributed by atoms with van der Waals surface area (Å²) in [4.78, 5) is 0. The van der Waals surface area contributed by atoms with Gasteiger partial charge in [0, 0.05) is 6.16 Å². The van der Waals surface area contributed by atoms with E-state index in [-0.39, 0.29) is 0 Å². The van der Waals surface area contributed by atoms with Crippen molar-refractivity contribution in [3.63, 3.8) is 0 Å². The predicted octanol–water partition coefficient (Wildman–Crippen LogP) is 2.86. The summed E-state index contributed by atoms with van der Waals surface area (Å²) in [5, 5.41) is 0. The summed E-state index contributed by atoms with van der Waals surface area (Å²) in [5.41, 5.74) is 0. The van der Waals surface area contributed by atoms with Gasteiger partial charge >= 0.3 is 0 Å². The normalized spacial score (nSPS) is 17.2. The fraction of sp³-hybridized carbons (Fsp3) is 1.00. The van der Waals surface area contributed by atoms with Crippen molar-refractivity contribution in [2.75, 3.05) is 12.8 Å². The first-order chi connectivity index (χ1) is 4.12. The number of hydrogen-bond acceptors (Lipinski definition) is 2. The highest BCUT2D eigenvalue weighted by Crippen LogP contribution is 2.51. The van der Waals surface area contributed by atoms with Crippen LogP contribution in [0.2, 0.25) is 0 Å². The Morgan fingerprint density at radius 3 is 2.44 bits per heavy atom. The summed E-state index contributed by atoms with van der Waals surface area (Å²) in [5.74, 6) is 0. The van der Waals surface area contributed by atoms with Gasteiger partial charge in [-0.25, -0.2) is 0 Å². The molecule has 0 fully saturated rings. The van der Waals surface area contributed by atoms with Crippen molar-refractivity contribution in [3.05, 3.63) is 0 Å². The largest absolute Gasteiger partial charge is 0.318 e. The average Bonchev–Trinajstić information content (AvgIpc) is 1.84. The molecule has 0 saturated carbocycles. The van der Waals surface area contributed by atoms with Crippen molar-refractivity contribution in [2.45, 2.75) is 20.3 Å². The molecule has 0 radical (unpaired) electrons. The maximum atomic E-state index is 10.9. The van der Waals surface area contributed by atoms with Crippen LogP contribution in [0.25, 0.3) is 0 Å². The van der Waals surface area contributed by atoms with E-state index in [1.165, 1.54) is 0 Å². The third kappa shape index (κ3) is 4.95. The highest BCUT2D eigenvalue weighted by Gasteiger charge is 2.14. The Morgan fingerprint density at radius 2 is 2.11 bits per heavy atom. The van der Waals surface area contributed by atoms with Crippen LogP contribution in [0, 0.1) is 0 Å². The second kappa shape index (κ2) is 4.32. The molecule has 2 nitrogen and oxygen atoms in total. The first-order valence-corrected chi connectivity index (χ1v) is 5.77. The molecule has 1 unspecified atom stereocenters. The molecule has 0 aromatic carbocycles. The smallest absolute Gasteiger partial charge is 0.289 e. The molecule has 0 aliphatic rings. The van der Waals surface area contributed by atoms with Crippen molar-refractivity contribution < 1.29 is 9.09 Å². The molecule has 0 N–H and O–H groups in total. The summed E-state index contributed by atoms with van der Waals surface area (Å²) in [6, 6.07) is 0. The van der Waals surface area contributed by atoms with Gasteiger partial charge in [-0.3, -0.25) is 4.57 Å². The highest BCUT2D eigenvalue weighted by atomic mass is 35.7. The van der Waals surface area contributed by atoms with Gasteiger partial charge in [0.1, 0.15) is 0 Å². The van der Waals surface area contributed by atoms with Crippen molar-refractivity contribution in [3.8, 4) is 0 Å². The van der Waals surface area contributed by atoms with Crippen molar-refractivity contribution >= 4 is 18.0 Å². The van der Waals surface area contributed by atoms with Crippen LogP contribution in [0.3, 0.4) is 0 Å². The van der Waals surface area contributed by atoms with Gasteiger partial charge in [0.2, 0.25) is 0 Å². The Hall–Kier alpha value is 0.480. The number of halogens is 1. The van der Waals surface area contributed by atoms with E-state index in [2.05, 4.69) is 0 Å². The third-order valence-corrected chi connectivity index (χ3v) is 3.20. The molecule has 0 aliphatic heterocycles. The van der Waals surface area contributed by atoms with Gasteiger partial charge in [0.25, 0.3) is 6.72 Å². The molecule has 0 bridgehead atoms. The topological polar surface area (TPSA) is 26.3 Å². The zero-order valence-corrected chi connectivity index (χ0v) is 7.41. The van der Waals surface area contributed by atoms with E-state index in [0.717, 1.165) is 6.42 Å². The van der Waals surface area contributed by atoms with E-state index in [0.29, 0.717) is 12.8 Å². The Kier molecular flexibility index (Phi) is 4.55. The fourth-order valence-electron chi connectivity index (χ4n) is 0.319. The molecule has 0 aromatic rings. The maximum Gasteiger partial charge on any atom is 0.289 e. The lowest BCUT2D eigenvalue weighted by molar-refractivity contribution is 0.324. The van der Waals surface area contributed by atoms with Crippen molar-refractivity contribution in [1.82, 2.24) is 0 Å². The maximum absolute atomic E-state index is 10.9. The molecule has 0 saturated heterocycles. The zero-order chi connectivity index (χ0) is 7.33. The molecular formula is C5H12ClO2P. The van der Waals surface area contributed by atoms with Crippen LogP contribution in [0.5, 0.6) is 0 Å². The monoisotopic (exact) mass is 170 g/mol. The number of rotatable bonds is 4. The molecule has 4 heteroatoms. The first-order valence-electron chi connectivity index (χ1n) is 3.05. The summed E-state index contributed by atoms with van der Waals surface area (Å²) in [7, 11) is 0. The van der Waals surface area contributed by atoms with Crippen LogP contribution >= 0.6 is 18.0 Å². The lowest BCUT2D eigenvalue weighted by atomic mass is 10.5. The zero-order valence-electron chi connectivity index (χ0n) is 5.76. The van der Waals surface area contributed by atoms with Gasteiger partial charge in [-0.15, -0.1) is 0 Å². The lowest BCUT2D eigenvalue weighted by Gasteiger charge is -2.06. The second-order valence-electron chi connectivity index (χ2n) is 1.74. The minimum Gasteiger partial charge on any atom is -0.318 e. The Morgan fingerprint density at radius 1 is 1.56 bits per heavy atom. The second-order valence-corrected chi connectivity index (χ2v) is 5.36. The van der Waals surface area contributed by atoms with E-state index in [9.17, 15) is 4.57 Å². The molecular weight excluding hydrogens is 158 g/mol. The van der Waals surface area contributed by atoms with Crippen LogP contribution < -0.4 is 0 Å². The van der Waals surface area contributed by atoms with Gasteiger partial charge in [-0.2, -0.15) is 0 Å². The molecule has 1 atom stereocenters. The minimum absolute atomic E-state index is 0.411. The Labute approximate surface area is 60.8 Å². The van der Waals surface area contributed by atoms with Crippen LogP contribution in [0.4, 0.5) is 0 Å². The van der Waals surface area contributed by atoms with E-state index in [4.69, 9.17) is 15.8 Å². The quantitative estimate of drug-likeness (QED) is 0.607. The van der Waals surface area contributed by atoms with E-state index >= 15 is 0 Å². The van der Waals surface area contributed by atoms with E-state index in [1.807, 2.05) is 6.92 Å². The molecule has 0 heterocycles. The van der Waals surface area contributed by atoms with Gasteiger partial charge in [-0.1, -0.05) is 13.8 Å². The molecule has 0 spiro atoms. The number of hydrogen-bond donors (Lipinski definition) is 0. The van der Waals surface area contributed by atoms with Gasteiger partial charge in [0.05, 0.1) is 6.61 Å². The van der Waals surface area contributed by atoms with Crippen LogP contribution in [0.1, 0.15) is 20.3 Å². The standard InChI is InChI=1S/C5H12ClO2P/c1-3-5-8-9(6,7)4-2/h3-5H2,1-2H3. The Balaban J connectivity index is 3.46. The van der Waals surface area contributed by atoms with Gasteiger partial charge in [0.15, 0.2) is 0 Å². The third-order valence-electron chi connectivity index (χ3n) is 0.866. The van der Waals surface area contributed by atoms with Crippen molar-refractivity contribution in [2.24, 2.45) is 0 Å². The van der Waals surface area contributed by atoms with E-state index in [1.54, 1.807) is 6.92 Å². The van der Waals surface area contributed by atoms with Crippen LogP contribution in [-0.4, -0.2) is 12.8 Å². The van der Waals surface area contributed by atoms with Crippen molar-refractivity contribution in [1.29, 1.82) is 0 Å². The van der Waals surface area contributed by atoms with Gasteiger partial charge in [-0.05, 0) is 17.7 Å². The van der Waals surface area contributed by atoms with Gasteiger partial charge < -0.3 is 4.52 Å². The highest BCUT2D eigenvalue weighted by molar-refractivity contribution is 7.85. The summed E-state index contributed by atoms with van der Waals surface area (Å²) in [6.07, 6.45) is 1.27. The fourth-order valence-corrected chi connectivity index (χ4v) is 1.16. The first kappa shape index (κ1) is 9.48. The van der Waals surface area contributed by atoms with Crippen LogP contribution in [-0.2, 0) is 9.09 Å². The lowest BCUT2D eigenvalue weighted by Crippen LogP contribution is -1.87. The molecule has 0 aliphatic carbocycles. The Bertz CT molecular complexity index is 116. The summed E-state index contributed by atoms with van der Waals surface area (Å²) < 4.78 is 15.7. The molecule has 56 valence electrons. The molecule has 0 aromatic heterocycles. The SMILES string of the molecule is CCCOP(=O)(Cl)CC. The predicted molar refractivity (Wildman–Crippen MR) is 40.2 cm³/mol. The molecule has 0 amide bonds. The van der Waals surface area contributed by atoms with Crippen LogP contribution in [0.15, 0.2) is 0 Å².